The second-order valence-corrected chi connectivity index (χ2v) is 6.57. The molecule has 6 nitrogen and oxygen atoms in total. The Morgan fingerprint density at radius 3 is 2.72 bits per heavy atom. The Balaban J connectivity index is 1.76. The van der Waals surface area contributed by atoms with Crippen molar-refractivity contribution >= 4 is 21.6 Å². The molecule has 1 fully saturated rings. The van der Waals surface area contributed by atoms with Gasteiger partial charge < -0.3 is 10.6 Å². The van der Waals surface area contributed by atoms with E-state index in [0.717, 1.165) is 0 Å². The summed E-state index contributed by atoms with van der Waals surface area (Å²) >= 11 is 0. The maximum atomic E-state index is 11.5. The summed E-state index contributed by atoms with van der Waals surface area (Å²) in [6, 6.07) is 3.03. The van der Waals surface area contributed by atoms with E-state index in [2.05, 4.69) is 15.6 Å². The van der Waals surface area contributed by atoms with E-state index < -0.39 is 9.84 Å². The third kappa shape index (κ3) is 3.69. The van der Waals surface area contributed by atoms with Crippen molar-refractivity contribution in [3.63, 3.8) is 0 Å². The lowest BCUT2D eigenvalue weighted by Gasteiger charge is -2.10. The van der Waals surface area contributed by atoms with E-state index in [-0.39, 0.29) is 23.5 Å². The van der Waals surface area contributed by atoms with Crippen molar-refractivity contribution in [3.05, 3.63) is 24.5 Å². The zero-order valence-electron chi connectivity index (χ0n) is 9.80. The lowest BCUT2D eigenvalue weighted by atomic mass is 10.1. The number of carbonyl (C=O) groups is 1. The minimum Gasteiger partial charge on any atom is -0.338 e. The van der Waals surface area contributed by atoms with Gasteiger partial charge in [-0.25, -0.2) is 13.2 Å². The van der Waals surface area contributed by atoms with Crippen molar-refractivity contribution in [2.75, 3.05) is 23.4 Å². The van der Waals surface area contributed by atoms with Crippen molar-refractivity contribution in [2.45, 2.75) is 6.42 Å². The predicted molar refractivity (Wildman–Crippen MR) is 68.0 cm³/mol. The molecule has 0 unspecified atom stereocenters. The van der Waals surface area contributed by atoms with Crippen LogP contribution in [-0.2, 0) is 9.84 Å². The zero-order valence-corrected chi connectivity index (χ0v) is 10.6. The molecule has 0 aromatic carbocycles. The zero-order chi connectivity index (χ0) is 13.0. The molecule has 1 aliphatic rings. The molecule has 0 aliphatic carbocycles. The summed E-state index contributed by atoms with van der Waals surface area (Å²) in [5.41, 5.74) is 0.654. The van der Waals surface area contributed by atoms with Gasteiger partial charge in [-0.1, -0.05) is 0 Å². The van der Waals surface area contributed by atoms with Crippen molar-refractivity contribution in [3.8, 4) is 0 Å². The number of pyridine rings is 1. The van der Waals surface area contributed by atoms with Crippen molar-refractivity contribution < 1.29 is 13.2 Å². The van der Waals surface area contributed by atoms with Gasteiger partial charge in [-0.15, -0.1) is 0 Å². The average Bonchev–Trinajstić information content (AvgIpc) is 2.68. The summed E-state index contributed by atoms with van der Waals surface area (Å²) in [5, 5.41) is 5.32. The Bertz CT molecular complexity index is 516. The van der Waals surface area contributed by atoms with Crippen LogP contribution in [0.25, 0.3) is 0 Å². The molecule has 18 heavy (non-hydrogen) atoms. The minimum absolute atomic E-state index is 0.0261. The molecule has 1 aliphatic heterocycles. The summed E-state index contributed by atoms with van der Waals surface area (Å²) in [6.07, 6.45) is 3.79. The first kappa shape index (κ1) is 12.8. The molecule has 2 N–H and O–H groups in total. The van der Waals surface area contributed by atoms with Gasteiger partial charge in [0, 0.05) is 24.6 Å². The second kappa shape index (κ2) is 5.34. The van der Waals surface area contributed by atoms with Gasteiger partial charge in [0.1, 0.15) is 0 Å². The topological polar surface area (TPSA) is 88.2 Å². The molecule has 0 bridgehead atoms. The normalized spacial score (nSPS) is 21.4. The standard InChI is InChI=1S/C11H15N3O3S/c15-11(14-10-1-4-12-5-2-10)13-7-9-3-6-18(16,17)8-9/h1-2,4-5,9H,3,6-8H2,(H2,12,13,14,15)/t9-/m0/s1. The second-order valence-electron chi connectivity index (χ2n) is 4.34. The molecule has 1 atom stereocenters. The lowest BCUT2D eigenvalue weighted by Crippen LogP contribution is -2.33. The molecule has 0 spiro atoms. The first-order valence-corrected chi connectivity index (χ1v) is 7.52. The Kier molecular flexibility index (Phi) is 3.81. The van der Waals surface area contributed by atoms with Gasteiger partial charge in [0.15, 0.2) is 9.84 Å². The number of rotatable bonds is 3. The highest BCUT2D eigenvalue weighted by molar-refractivity contribution is 7.91. The van der Waals surface area contributed by atoms with E-state index in [1.165, 1.54) is 0 Å². The molecule has 1 saturated heterocycles. The van der Waals surface area contributed by atoms with E-state index in [1.54, 1.807) is 24.5 Å². The van der Waals surface area contributed by atoms with E-state index in [0.29, 0.717) is 18.7 Å². The highest BCUT2D eigenvalue weighted by Gasteiger charge is 2.27. The van der Waals surface area contributed by atoms with E-state index in [1.807, 2.05) is 0 Å². The number of nitrogens with zero attached hydrogens (tertiary/aromatic N) is 1. The quantitative estimate of drug-likeness (QED) is 0.842. The van der Waals surface area contributed by atoms with Gasteiger partial charge in [-0.3, -0.25) is 4.98 Å². The van der Waals surface area contributed by atoms with E-state index in [9.17, 15) is 13.2 Å². The van der Waals surface area contributed by atoms with Crippen molar-refractivity contribution in [1.82, 2.24) is 10.3 Å². The molecule has 0 saturated carbocycles. The predicted octanol–water partition coefficient (Wildman–Crippen LogP) is 0.638. The summed E-state index contributed by atoms with van der Waals surface area (Å²) in [5.74, 6) is 0.423. The minimum atomic E-state index is -2.88. The maximum Gasteiger partial charge on any atom is 0.319 e. The molecule has 0 radical (unpaired) electrons. The van der Waals surface area contributed by atoms with Crippen LogP contribution < -0.4 is 10.6 Å². The number of sulfone groups is 1. The van der Waals surface area contributed by atoms with Gasteiger partial charge in [-0.2, -0.15) is 0 Å². The molecule has 1 aromatic rings. The van der Waals surface area contributed by atoms with Crippen LogP contribution in [0.5, 0.6) is 0 Å². The summed E-state index contributed by atoms with van der Waals surface area (Å²) in [4.78, 5) is 15.4. The third-order valence-electron chi connectivity index (χ3n) is 2.82. The van der Waals surface area contributed by atoms with E-state index >= 15 is 0 Å². The highest BCUT2D eigenvalue weighted by atomic mass is 32.2. The van der Waals surface area contributed by atoms with Gasteiger partial charge in [-0.05, 0) is 24.5 Å². The van der Waals surface area contributed by atoms with Crippen LogP contribution in [0.1, 0.15) is 6.42 Å². The SMILES string of the molecule is O=C(NC[C@@H]1CCS(=O)(=O)C1)Nc1ccncc1. The smallest absolute Gasteiger partial charge is 0.319 e. The van der Waals surface area contributed by atoms with E-state index in [4.69, 9.17) is 0 Å². The molecule has 7 heteroatoms. The van der Waals surface area contributed by atoms with Crippen LogP contribution in [0.15, 0.2) is 24.5 Å². The molecule has 2 amide bonds. The Hall–Kier alpha value is -1.63. The molecule has 98 valence electrons. The van der Waals surface area contributed by atoms with Crippen molar-refractivity contribution in [1.29, 1.82) is 0 Å². The van der Waals surface area contributed by atoms with Crippen LogP contribution in [0.2, 0.25) is 0 Å². The van der Waals surface area contributed by atoms with Gasteiger partial charge in [0.25, 0.3) is 0 Å². The van der Waals surface area contributed by atoms with Gasteiger partial charge in [0.05, 0.1) is 11.5 Å². The highest BCUT2D eigenvalue weighted by Crippen LogP contribution is 2.17. The first-order valence-electron chi connectivity index (χ1n) is 5.70. The summed E-state index contributed by atoms with van der Waals surface area (Å²) < 4.78 is 22.5. The van der Waals surface area contributed by atoms with Crippen LogP contribution in [0.3, 0.4) is 0 Å². The summed E-state index contributed by atoms with van der Waals surface area (Å²) in [7, 11) is -2.88. The monoisotopic (exact) mass is 269 g/mol. The number of carbonyl (C=O) groups excluding carboxylic acids is 1. The lowest BCUT2D eigenvalue weighted by molar-refractivity contribution is 0.250. The maximum absolute atomic E-state index is 11.5. The largest absolute Gasteiger partial charge is 0.338 e. The molecular weight excluding hydrogens is 254 g/mol. The number of hydrogen-bond donors (Lipinski definition) is 2. The Morgan fingerprint density at radius 1 is 1.39 bits per heavy atom. The van der Waals surface area contributed by atoms with Gasteiger partial charge in [0.2, 0.25) is 0 Å². The third-order valence-corrected chi connectivity index (χ3v) is 4.65. The van der Waals surface area contributed by atoms with Crippen LogP contribution in [0, 0.1) is 5.92 Å². The van der Waals surface area contributed by atoms with Crippen LogP contribution in [0.4, 0.5) is 10.5 Å². The number of aromatic nitrogens is 1. The first-order chi connectivity index (χ1) is 8.55. The molecule has 1 aromatic heterocycles. The fourth-order valence-electron chi connectivity index (χ4n) is 1.88. The molecule has 2 heterocycles. The summed E-state index contributed by atoms with van der Waals surface area (Å²) in [6.45, 7) is 0.385. The van der Waals surface area contributed by atoms with Crippen molar-refractivity contribution in [2.24, 2.45) is 5.92 Å². The number of anilines is 1. The molecular formula is C11H15N3O3S. The fourth-order valence-corrected chi connectivity index (χ4v) is 3.74. The Morgan fingerprint density at radius 2 is 2.11 bits per heavy atom. The number of hydrogen-bond acceptors (Lipinski definition) is 4. The Labute approximate surface area is 106 Å². The fraction of sp³-hybridized carbons (Fsp3) is 0.455. The number of urea groups is 1. The van der Waals surface area contributed by atoms with Gasteiger partial charge >= 0.3 is 6.03 Å². The number of nitrogens with one attached hydrogen (secondary N) is 2. The number of amides is 2. The molecule has 2 rings (SSSR count). The van der Waals surface area contributed by atoms with Crippen LogP contribution >= 0.6 is 0 Å². The van der Waals surface area contributed by atoms with Crippen LogP contribution in [-0.4, -0.2) is 37.5 Å². The average molecular weight is 269 g/mol.